The van der Waals surface area contributed by atoms with Gasteiger partial charge < -0.3 is 25.2 Å². The largest absolute Gasteiger partial charge is 0.507 e. The molecule has 6 rings (SSSR count). The van der Waals surface area contributed by atoms with E-state index in [0.29, 0.717) is 40.6 Å². The molecule has 3 N–H and O–H groups in total. The molecule has 3 aromatic carbocycles. The Bertz CT molecular complexity index is 1510. The normalized spacial score (nSPS) is 14.1. The van der Waals surface area contributed by atoms with Crippen LogP contribution in [0.5, 0.6) is 17.2 Å². The Hall–Kier alpha value is -4.79. The van der Waals surface area contributed by atoms with Crippen molar-refractivity contribution in [1.29, 1.82) is 0 Å². The zero-order chi connectivity index (χ0) is 26.1. The van der Waals surface area contributed by atoms with E-state index in [4.69, 9.17) is 9.47 Å². The second-order valence-corrected chi connectivity index (χ2v) is 9.39. The van der Waals surface area contributed by atoms with E-state index in [1.54, 1.807) is 30.3 Å². The Morgan fingerprint density at radius 3 is 2.55 bits per heavy atom. The fraction of sp³-hybridized carbons (Fsp3) is 0.207. The van der Waals surface area contributed by atoms with Crippen molar-refractivity contribution in [3.8, 4) is 28.5 Å². The van der Waals surface area contributed by atoms with Crippen molar-refractivity contribution < 1.29 is 24.2 Å². The first kappa shape index (κ1) is 23.6. The van der Waals surface area contributed by atoms with E-state index in [9.17, 15) is 14.7 Å². The van der Waals surface area contributed by atoms with Crippen LogP contribution in [0.4, 0.5) is 10.5 Å². The third kappa shape index (κ3) is 4.66. The number of hydrogen-bond acceptors (Lipinski definition) is 6. The molecule has 0 atom stereocenters. The summed E-state index contributed by atoms with van der Waals surface area (Å²) in [5.74, 6) is 0.964. The molecular formula is C29H26N4O5. The predicted octanol–water partition coefficient (Wildman–Crippen LogP) is 5.26. The Labute approximate surface area is 219 Å². The maximum atomic E-state index is 13.1. The second kappa shape index (κ2) is 9.93. The molecule has 192 valence electrons. The molecule has 1 aliphatic heterocycles. The molecule has 0 radical (unpaired) electrons. The van der Waals surface area contributed by atoms with Crippen LogP contribution >= 0.6 is 0 Å². The molecule has 38 heavy (non-hydrogen) atoms. The number of carbonyl (C=O) groups excluding carboxylic acids is 2. The summed E-state index contributed by atoms with van der Waals surface area (Å²) in [4.78, 5) is 25.8. The Kier molecular flexibility index (Phi) is 6.17. The summed E-state index contributed by atoms with van der Waals surface area (Å²) >= 11 is 0. The monoisotopic (exact) mass is 510 g/mol. The number of nitrogens with one attached hydrogen (secondary N) is 2. The maximum absolute atomic E-state index is 13.1. The molecule has 2 amide bonds. The van der Waals surface area contributed by atoms with E-state index < -0.39 is 0 Å². The van der Waals surface area contributed by atoms with Gasteiger partial charge in [0.2, 0.25) is 6.79 Å². The fourth-order valence-electron chi connectivity index (χ4n) is 4.60. The van der Waals surface area contributed by atoms with Crippen LogP contribution in [0.25, 0.3) is 11.3 Å². The molecule has 1 saturated carbocycles. The number of ether oxygens (including phenoxy) is 2. The number of carbonyl (C=O) groups is 2. The number of hydrogen-bond donors (Lipinski definition) is 3. The summed E-state index contributed by atoms with van der Waals surface area (Å²) in [5.41, 5.74) is 3.62. The van der Waals surface area contributed by atoms with Gasteiger partial charge in [-0.2, -0.15) is 9.78 Å². The minimum Gasteiger partial charge on any atom is -0.507 e. The van der Waals surface area contributed by atoms with Crippen LogP contribution in [0.3, 0.4) is 0 Å². The molecule has 2 heterocycles. The van der Waals surface area contributed by atoms with Crippen molar-refractivity contribution in [2.75, 3.05) is 12.1 Å². The highest BCUT2D eigenvalue weighted by atomic mass is 16.7. The zero-order valence-electron chi connectivity index (χ0n) is 20.5. The predicted molar refractivity (Wildman–Crippen MR) is 141 cm³/mol. The number of benzene rings is 3. The number of phenolic OH excluding ortho intramolecular Hbond substituents is 1. The lowest BCUT2D eigenvalue weighted by atomic mass is 9.82. The average Bonchev–Trinajstić information content (AvgIpc) is 3.54. The molecule has 1 fully saturated rings. The molecule has 9 heteroatoms. The lowest BCUT2D eigenvalue weighted by Crippen LogP contribution is -2.31. The number of nitrogens with zero attached hydrogens (tertiary/aromatic N) is 2. The van der Waals surface area contributed by atoms with Gasteiger partial charge in [0.1, 0.15) is 5.75 Å². The van der Waals surface area contributed by atoms with E-state index in [0.717, 1.165) is 30.5 Å². The van der Waals surface area contributed by atoms with E-state index in [-0.39, 0.29) is 30.4 Å². The molecule has 0 unspecified atom stereocenters. The van der Waals surface area contributed by atoms with Crippen LogP contribution in [-0.2, 0) is 6.54 Å². The van der Waals surface area contributed by atoms with Gasteiger partial charge in [0.05, 0.1) is 11.4 Å². The van der Waals surface area contributed by atoms with Gasteiger partial charge in [-0.1, -0.05) is 36.8 Å². The first-order chi connectivity index (χ1) is 18.5. The zero-order valence-corrected chi connectivity index (χ0v) is 20.5. The summed E-state index contributed by atoms with van der Waals surface area (Å²) in [6.45, 7) is 0.518. The molecule has 2 aliphatic rings. The van der Waals surface area contributed by atoms with Crippen molar-refractivity contribution in [3.05, 3.63) is 89.6 Å². The standard InChI is InChI=1S/C29H26N4O5/c34-25-14-21(31-28(35)20-9-12-26-27(13-20)38-17-37-26)10-11-22(25)23-15-24(19-7-4-8-19)33(32-23)29(36)30-16-18-5-2-1-3-6-18/h1-3,5-6,9-15,19,34H,4,7-8,16-17H2,(H,30,36)(H,31,35). The third-order valence-corrected chi connectivity index (χ3v) is 6.91. The summed E-state index contributed by atoms with van der Waals surface area (Å²) in [6.07, 6.45) is 3.10. The highest BCUT2D eigenvalue weighted by Gasteiger charge is 2.27. The fourth-order valence-corrected chi connectivity index (χ4v) is 4.60. The van der Waals surface area contributed by atoms with E-state index in [2.05, 4.69) is 15.7 Å². The van der Waals surface area contributed by atoms with Crippen LogP contribution in [0.2, 0.25) is 0 Å². The molecule has 0 spiro atoms. The highest BCUT2D eigenvalue weighted by molar-refractivity contribution is 6.05. The van der Waals surface area contributed by atoms with Crippen molar-refractivity contribution >= 4 is 17.6 Å². The molecule has 9 nitrogen and oxygen atoms in total. The van der Waals surface area contributed by atoms with Gasteiger partial charge in [-0.15, -0.1) is 0 Å². The molecule has 4 aromatic rings. The lowest BCUT2D eigenvalue weighted by molar-refractivity contribution is 0.102. The average molecular weight is 511 g/mol. The van der Waals surface area contributed by atoms with E-state index >= 15 is 0 Å². The Balaban J connectivity index is 1.21. The van der Waals surface area contributed by atoms with E-state index in [1.165, 1.54) is 10.7 Å². The summed E-state index contributed by atoms with van der Waals surface area (Å²) in [7, 11) is 0. The van der Waals surface area contributed by atoms with Crippen LogP contribution in [-0.4, -0.2) is 33.6 Å². The van der Waals surface area contributed by atoms with Crippen LogP contribution < -0.4 is 20.1 Å². The van der Waals surface area contributed by atoms with Gasteiger partial charge in [0.25, 0.3) is 5.91 Å². The smallest absolute Gasteiger partial charge is 0.342 e. The first-order valence-electron chi connectivity index (χ1n) is 12.5. The number of fused-ring (bicyclic) bond motifs is 1. The number of rotatable bonds is 6. The lowest BCUT2D eigenvalue weighted by Gasteiger charge is -2.25. The van der Waals surface area contributed by atoms with Crippen molar-refractivity contribution in [2.24, 2.45) is 0 Å². The van der Waals surface area contributed by atoms with Crippen LogP contribution in [0.1, 0.15) is 46.8 Å². The SMILES string of the molecule is O=C(Nc1ccc(-c2cc(C3CCC3)n(C(=O)NCc3ccccc3)n2)c(O)c1)c1ccc2c(c1)OCO2. The van der Waals surface area contributed by atoms with Gasteiger partial charge in [-0.25, -0.2) is 4.79 Å². The topological polar surface area (TPSA) is 115 Å². The minimum atomic E-state index is -0.345. The molecule has 1 aliphatic carbocycles. The van der Waals surface area contributed by atoms with E-state index in [1.807, 2.05) is 36.4 Å². The third-order valence-electron chi connectivity index (χ3n) is 6.91. The van der Waals surface area contributed by atoms with Gasteiger partial charge in [0, 0.05) is 35.3 Å². The van der Waals surface area contributed by atoms with Crippen LogP contribution in [0.15, 0.2) is 72.8 Å². The van der Waals surface area contributed by atoms with Gasteiger partial charge in [0.15, 0.2) is 11.5 Å². The van der Waals surface area contributed by atoms with Crippen molar-refractivity contribution in [1.82, 2.24) is 15.1 Å². The van der Waals surface area contributed by atoms with Gasteiger partial charge in [-0.3, -0.25) is 4.79 Å². The Morgan fingerprint density at radius 1 is 0.974 bits per heavy atom. The summed E-state index contributed by atoms with van der Waals surface area (Å²) in [6, 6.07) is 21.0. The van der Waals surface area contributed by atoms with Gasteiger partial charge >= 0.3 is 6.03 Å². The number of amides is 2. The number of aromatic nitrogens is 2. The molecule has 0 bridgehead atoms. The summed E-state index contributed by atoms with van der Waals surface area (Å²) < 4.78 is 12.0. The summed E-state index contributed by atoms with van der Waals surface area (Å²) in [5, 5.41) is 21.1. The molecule has 1 aromatic heterocycles. The minimum absolute atomic E-state index is 0.0528. The first-order valence-corrected chi connectivity index (χ1v) is 12.5. The number of phenols is 1. The van der Waals surface area contributed by atoms with Gasteiger partial charge in [-0.05, 0) is 54.8 Å². The number of anilines is 1. The maximum Gasteiger partial charge on any atom is 0.342 e. The quantitative estimate of drug-likeness (QED) is 0.326. The molecular weight excluding hydrogens is 484 g/mol. The number of aromatic hydroxyl groups is 1. The highest BCUT2D eigenvalue weighted by Crippen LogP contribution is 2.39. The Morgan fingerprint density at radius 2 is 1.79 bits per heavy atom. The molecule has 0 saturated heterocycles. The van der Waals surface area contributed by atoms with Crippen LogP contribution in [0, 0.1) is 0 Å². The van der Waals surface area contributed by atoms with Crippen molar-refractivity contribution in [2.45, 2.75) is 31.7 Å². The van der Waals surface area contributed by atoms with Crippen molar-refractivity contribution in [3.63, 3.8) is 0 Å². The second-order valence-electron chi connectivity index (χ2n) is 9.39.